The van der Waals surface area contributed by atoms with E-state index in [9.17, 15) is 13.7 Å². The predicted octanol–water partition coefficient (Wildman–Crippen LogP) is 4.97. The Morgan fingerprint density at radius 2 is 1.18 bits per heavy atom. The van der Waals surface area contributed by atoms with Gasteiger partial charge in [-0.25, -0.2) is 0 Å². The van der Waals surface area contributed by atoms with Gasteiger partial charge in [-0.15, -0.1) is 25.7 Å². The minimum Gasteiger partial charge on any atom is -0.312 e. The average molecular weight is 578 g/mol. The summed E-state index contributed by atoms with van der Waals surface area (Å²) in [5.41, 5.74) is 0.0312. The molecule has 0 N–H and O–H groups in total. The van der Waals surface area contributed by atoms with Crippen LogP contribution in [0.4, 0.5) is 0 Å². The van der Waals surface area contributed by atoms with E-state index in [2.05, 4.69) is 23.7 Å². The van der Waals surface area contributed by atoms with Crippen LogP contribution in [-0.4, -0.2) is 40.6 Å². The standard InChI is InChI=1S/C26H29O9P3/c1-8-25(9-2)17-32-37(28,33-18-25)14-22-13-24(23(12-21(22)5)15-36(27,30-6)31-7)16-38(29)34-19-26(10-3,11-4)20-35-38/h1-4,12-13H,14-20H2,5-7H3. The van der Waals surface area contributed by atoms with E-state index in [-0.39, 0.29) is 44.9 Å². The number of hydrogen-bond donors (Lipinski definition) is 0. The van der Waals surface area contributed by atoms with Gasteiger partial charge in [0, 0.05) is 14.2 Å². The van der Waals surface area contributed by atoms with Gasteiger partial charge in [-0.2, -0.15) is 0 Å². The van der Waals surface area contributed by atoms with E-state index in [1.165, 1.54) is 14.2 Å². The Bertz CT molecular complexity index is 1340. The molecule has 2 fully saturated rings. The van der Waals surface area contributed by atoms with Crippen molar-refractivity contribution in [1.29, 1.82) is 0 Å². The van der Waals surface area contributed by atoms with Crippen LogP contribution in [0.3, 0.4) is 0 Å². The van der Waals surface area contributed by atoms with Crippen molar-refractivity contribution in [1.82, 2.24) is 0 Å². The molecule has 38 heavy (non-hydrogen) atoms. The Morgan fingerprint density at radius 3 is 1.55 bits per heavy atom. The van der Waals surface area contributed by atoms with Crippen molar-refractivity contribution >= 4 is 22.8 Å². The normalized spacial score (nSPS) is 21.2. The van der Waals surface area contributed by atoms with Gasteiger partial charge >= 0.3 is 22.8 Å². The highest BCUT2D eigenvalue weighted by atomic mass is 31.2. The molecule has 0 unspecified atom stereocenters. The SMILES string of the molecule is C#CC1(C#C)COP(=O)(Cc2cc(CP3(=O)OCC(C#C)(C#C)CO3)c(CP(=O)(OC)OC)cc2C)OC1. The minimum atomic E-state index is -3.71. The van der Waals surface area contributed by atoms with Crippen LogP contribution in [0.1, 0.15) is 22.3 Å². The fourth-order valence-corrected chi connectivity index (χ4v) is 8.52. The van der Waals surface area contributed by atoms with Gasteiger partial charge in [0.1, 0.15) is 10.8 Å². The first kappa shape index (κ1) is 30.5. The van der Waals surface area contributed by atoms with E-state index < -0.39 is 33.6 Å². The van der Waals surface area contributed by atoms with E-state index in [1.807, 2.05) is 0 Å². The number of terminal acetylenes is 4. The first-order valence-electron chi connectivity index (χ1n) is 11.3. The van der Waals surface area contributed by atoms with Gasteiger partial charge in [0.25, 0.3) is 0 Å². The first-order chi connectivity index (χ1) is 17.9. The molecular weight excluding hydrogens is 549 g/mol. The van der Waals surface area contributed by atoms with Crippen LogP contribution in [-0.2, 0) is 59.3 Å². The summed E-state index contributed by atoms with van der Waals surface area (Å²) in [5.74, 6) is 9.80. The third-order valence-electron chi connectivity index (χ3n) is 6.44. The molecule has 1 aromatic rings. The van der Waals surface area contributed by atoms with Gasteiger partial charge < -0.3 is 27.1 Å². The summed E-state index contributed by atoms with van der Waals surface area (Å²) < 4.78 is 72.3. The van der Waals surface area contributed by atoms with Crippen molar-refractivity contribution in [3.63, 3.8) is 0 Å². The molecule has 0 aromatic heterocycles. The smallest absolute Gasteiger partial charge is 0.312 e. The number of aryl methyl sites for hydroxylation is 1. The predicted molar refractivity (Wildman–Crippen MR) is 143 cm³/mol. The summed E-state index contributed by atoms with van der Waals surface area (Å²) in [5, 5.41) is 0. The van der Waals surface area contributed by atoms with Crippen LogP contribution < -0.4 is 0 Å². The van der Waals surface area contributed by atoms with Crippen LogP contribution in [0.25, 0.3) is 0 Å². The fraction of sp³-hybridized carbons (Fsp3) is 0.462. The zero-order valence-corrected chi connectivity index (χ0v) is 24.1. The fourth-order valence-electron chi connectivity index (χ4n) is 3.75. The molecular formula is C26H29O9P3. The molecule has 3 rings (SSSR count). The van der Waals surface area contributed by atoms with Crippen molar-refractivity contribution in [2.75, 3.05) is 40.6 Å². The highest BCUT2D eigenvalue weighted by molar-refractivity contribution is 7.53. The molecule has 0 atom stereocenters. The van der Waals surface area contributed by atoms with Crippen molar-refractivity contribution in [2.24, 2.45) is 10.8 Å². The van der Waals surface area contributed by atoms with Gasteiger partial charge in [0.05, 0.1) is 44.9 Å². The Morgan fingerprint density at radius 1 is 0.789 bits per heavy atom. The van der Waals surface area contributed by atoms with Crippen LogP contribution in [0.2, 0.25) is 0 Å². The lowest BCUT2D eigenvalue weighted by Gasteiger charge is -2.33. The molecule has 202 valence electrons. The van der Waals surface area contributed by atoms with Crippen molar-refractivity contribution in [3.8, 4) is 49.4 Å². The quantitative estimate of drug-likeness (QED) is 0.312. The van der Waals surface area contributed by atoms with Crippen LogP contribution in [0.15, 0.2) is 12.1 Å². The molecule has 2 aliphatic heterocycles. The van der Waals surface area contributed by atoms with E-state index in [0.717, 1.165) is 0 Å². The Balaban J connectivity index is 1.95. The van der Waals surface area contributed by atoms with Gasteiger partial charge in [-0.1, -0.05) is 35.8 Å². The largest absolute Gasteiger partial charge is 0.335 e. The highest BCUT2D eigenvalue weighted by Gasteiger charge is 2.42. The highest BCUT2D eigenvalue weighted by Crippen LogP contribution is 2.59. The van der Waals surface area contributed by atoms with E-state index >= 15 is 0 Å². The van der Waals surface area contributed by atoms with Gasteiger partial charge in [-0.3, -0.25) is 13.7 Å². The second kappa shape index (κ2) is 11.6. The average Bonchev–Trinajstić information content (AvgIpc) is 2.92. The molecule has 1 aromatic carbocycles. The summed E-state index contributed by atoms with van der Waals surface area (Å²) in [6.45, 7) is 1.25. The molecule has 0 aliphatic carbocycles. The lowest BCUT2D eigenvalue weighted by atomic mass is 9.93. The van der Waals surface area contributed by atoms with Crippen molar-refractivity contribution in [2.45, 2.75) is 25.4 Å². The van der Waals surface area contributed by atoms with Crippen LogP contribution in [0.5, 0.6) is 0 Å². The summed E-state index contributed by atoms with van der Waals surface area (Å²) >= 11 is 0. The lowest BCUT2D eigenvalue weighted by Crippen LogP contribution is -2.33. The third-order valence-corrected chi connectivity index (χ3v) is 11.8. The van der Waals surface area contributed by atoms with Gasteiger partial charge in [-0.05, 0) is 29.2 Å². The summed E-state index contributed by atoms with van der Waals surface area (Å²) in [4.78, 5) is 0. The minimum absolute atomic E-state index is 0.104. The molecule has 0 spiro atoms. The van der Waals surface area contributed by atoms with Crippen LogP contribution in [0, 0.1) is 67.1 Å². The van der Waals surface area contributed by atoms with E-state index in [0.29, 0.717) is 22.3 Å². The topological polar surface area (TPSA) is 107 Å². The number of rotatable bonds is 8. The molecule has 12 heteroatoms. The second-order valence-corrected chi connectivity index (χ2v) is 15.4. The Hall–Kier alpha value is -2.09. The zero-order valence-electron chi connectivity index (χ0n) is 21.4. The lowest BCUT2D eigenvalue weighted by molar-refractivity contribution is 0.0848. The van der Waals surface area contributed by atoms with Gasteiger partial charge in [0.2, 0.25) is 0 Å². The molecule has 2 heterocycles. The third kappa shape index (κ3) is 6.54. The summed E-state index contributed by atoms with van der Waals surface area (Å²) in [6, 6.07) is 3.40. The number of hydrogen-bond acceptors (Lipinski definition) is 9. The summed E-state index contributed by atoms with van der Waals surface area (Å²) in [7, 11) is -8.28. The maximum Gasteiger partial charge on any atom is 0.335 e. The summed E-state index contributed by atoms with van der Waals surface area (Å²) in [6.07, 6.45) is 21.6. The van der Waals surface area contributed by atoms with Crippen molar-refractivity contribution < 1.29 is 40.8 Å². The van der Waals surface area contributed by atoms with E-state index in [4.69, 9.17) is 52.8 Å². The maximum atomic E-state index is 13.5. The Kier molecular flexibility index (Phi) is 9.27. The monoisotopic (exact) mass is 578 g/mol. The zero-order chi connectivity index (χ0) is 28.2. The van der Waals surface area contributed by atoms with Crippen molar-refractivity contribution in [3.05, 3.63) is 34.4 Å². The maximum absolute atomic E-state index is 13.5. The molecule has 0 saturated carbocycles. The van der Waals surface area contributed by atoms with E-state index in [1.54, 1.807) is 19.1 Å². The molecule has 0 bridgehead atoms. The number of benzene rings is 1. The first-order valence-corrected chi connectivity index (χ1v) is 16.5. The van der Waals surface area contributed by atoms with Crippen LogP contribution >= 0.6 is 22.8 Å². The molecule has 2 saturated heterocycles. The van der Waals surface area contributed by atoms with Gasteiger partial charge in [0.15, 0.2) is 0 Å². The second-order valence-electron chi connectivity index (χ2n) is 9.05. The molecule has 2 aliphatic rings. The molecule has 9 nitrogen and oxygen atoms in total. The molecule has 0 amide bonds. The molecule has 0 radical (unpaired) electrons. The Labute approximate surface area is 224 Å².